The molecule has 0 unspecified atom stereocenters. The molecule has 1 fully saturated rings. The summed E-state index contributed by atoms with van der Waals surface area (Å²) < 4.78 is 5.00. The average Bonchev–Trinajstić information content (AvgIpc) is 3.17. The van der Waals surface area contributed by atoms with Crippen LogP contribution < -0.4 is 10.9 Å². The molecule has 1 aromatic heterocycles. The van der Waals surface area contributed by atoms with Crippen molar-refractivity contribution in [2.45, 2.75) is 44.9 Å². The SMILES string of the molecule is O=C1Cc2oc(=O)cc(CCCCC3CC3)c2C(=O)N1. The van der Waals surface area contributed by atoms with E-state index in [9.17, 15) is 14.4 Å². The third-order valence-electron chi connectivity index (χ3n) is 3.92. The van der Waals surface area contributed by atoms with Crippen LogP contribution in [0.1, 0.15) is 53.8 Å². The lowest BCUT2D eigenvalue weighted by atomic mass is 9.97. The summed E-state index contributed by atoms with van der Waals surface area (Å²) in [6.07, 6.45) is 6.63. The van der Waals surface area contributed by atoms with Gasteiger partial charge in [-0.1, -0.05) is 25.7 Å². The highest BCUT2D eigenvalue weighted by Gasteiger charge is 2.28. The van der Waals surface area contributed by atoms with Gasteiger partial charge in [0.2, 0.25) is 5.91 Å². The summed E-state index contributed by atoms with van der Waals surface area (Å²) in [7, 11) is 0. The van der Waals surface area contributed by atoms with Crippen LogP contribution in [0.3, 0.4) is 0 Å². The zero-order chi connectivity index (χ0) is 14.1. The Hall–Kier alpha value is -1.91. The van der Waals surface area contributed by atoms with Crippen LogP contribution in [0.4, 0.5) is 0 Å². The van der Waals surface area contributed by atoms with Crippen molar-refractivity contribution in [1.29, 1.82) is 0 Å². The molecule has 0 radical (unpaired) electrons. The summed E-state index contributed by atoms with van der Waals surface area (Å²) in [5, 5.41) is 2.27. The normalized spacial score (nSPS) is 17.8. The fraction of sp³-hybridized carbons (Fsp3) is 0.533. The first-order valence-electron chi connectivity index (χ1n) is 7.13. The summed E-state index contributed by atoms with van der Waals surface area (Å²) in [6.45, 7) is 0. The minimum absolute atomic E-state index is 0.0355. The van der Waals surface area contributed by atoms with Crippen LogP contribution in [0.15, 0.2) is 15.3 Å². The molecule has 5 nitrogen and oxygen atoms in total. The molecule has 106 valence electrons. The molecule has 0 aromatic carbocycles. The first-order valence-corrected chi connectivity index (χ1v) is 7.13. The second kappa shape index (κ2) is 5.23. The van der Waals surface area contributed by atoms with Crippen LogP contribution in [0.25, 0.3) is 0 Å². The molecular formula is C15H17NO4. The number of fused-ring (bicyclic) bond motifs is 1. The van der Waals surface area contributed by atoms with Gasteiger partial charge in [0.25, 0.3) is 5.91 Å². The zero-order valence-electron chi connectivity index (χ0n) is 11.2. The Kier molecular flexibility index (Phi) is 3.42. The number of imide groups is 1. The van der Waals surface area contributed by atoms with E-state index in [-0.39, 0.29) is 12.2 Å². The van der Waals surface area contributed by atoms with Crippen molar-refractivity contribution in [2.24, 2.45) is 5.92 Å². The number of rotatable bonds is 5. The first kappa shape index (κ1) is 13.1. The molecule has 0 bridgehead atoms. The van der Waals surface area contributed by atoms with E-state index in [1.807, 2.05) is 0 Å². The van der Waals surface area contributed by atoms with E-state index in [1.165, 1.54) is 25.3 Å². The summed E-state index contributed by atoms with van der Waals surface area (Å²) in [4.78, 5) is 34.7. The first-order chi connectivity index (χ1) is 9.63. The predicted molar refractivity (Wildman–Crippen MR) is 71.4 cm³/mol. The molecule has 0 atom stereocenters. The maximum absolute atomic E-state index is 11.9. The second-order valence-corrected chi connectivity index (χ2v) is 5.63. The molecule has 1 aliphatic carbocycles. The number of carbonyl (C=O) groups is 2. The average molecular weight is 275 g/mol. The lowest BCUT2D eigenvalue weighted by molar-refractivity contribution is -0.120. The van der Waals surface area contributed by atoms with E-state index < -0.39 is 17.4 Å². The summed E-state index contributed by atoms with van der Waals surface area (Å²) >= 11 is 0. The van der Waals surface area contributed by atoms with Gasteiger partial charge in [0.1, 0.15) is 5.76 Å². The number of nitrogens with one attached hydrogen (secondary N) is 1. The van der Waals surface area contributed by atoms with Gasteiger partial charge < -0.3 is 4.42 Å². The minimum atomic E-state index is -0.483. The van der Waals surface area contributed by atoms with Crippen LogP contribution in [0, 0.1) is 5.92 Å². The molecule has 20 heavy (non-hydrogen) atoms. The Morgan fingerprint density at radius 2 is 2.00 bits per heavy atom. The van der Waals surface area contributed by atoms with Gasteiger partial charge in [0.05, 0.1) is 12.0 Å². The molecule has 2 aliphatic rings. The van der Waals surface area contributed by atoms with Gasteiger partial charge in [-0.2, -0.15) is 0 Å². The van der Waals surface area contributed by atoms with Crippen LogP contribution in [-0.2, 0) is 17.6 Å². The quantitative estimate of drug-likeness (QED) is 0.653. The van der Waals surface area contributed by atoms with E-state index in [2.05, 4.69) is 5.32 Å². The number of aryl methyl sites for hydroxylation is 1. The summed E-state index contributed by atoms with van der Waals surface area (Å²) in [5.41, 5.74) is 0.608. The van der Waals surface area contributed by atoms with Crippen molar-refractivity contribution in [3.05, 3.63) is 33.4 Å². The Morgan fingerprint density at radius 1 is 1.20 bits per heavy atom. The molecule has 3 rings (SSSR count). The smallest absolute Gasteiger partial charge is 0.336 e. The van der Waals surface area contributed by atoms with Crippen LogP contribution in [0.2, 0.25) is 0 Å². The second-order valence-electron chi connectivity index (χ2n) is 5.63. The highest BCUT2D eigenvalue weighted by atomic mass is 16.4. The molecule has 0 spiro atoms. The number of amides is 2. The Balaban J connectivity index is 1.76. The van der Waals surface area contributed by atoms with Gasteiger partial charge in [-0.3, -0.25) is 14.9 Å². The standard InChI is InChI=1S/C15H17NO4/c17-12-8-11-14(15(19)16-12)10(7-13(18)20-11)4-2-1-3-9-5-6-9/h7,9H,1-6,8H2,(H,16,17,19). The predicted octanol–water partition coefficient (Wildman–Crippen LogP) is 1.58. The Labute approximate surface area is 116 Å². The molecule has 1 aliphatic heterocycles. The van der Waals surface area contributed by atoms with Crippen molar-refractivity contribution in [3.63, 3.8) is 0 Å². The Bertz CT molecular complexity index is 613. The van der Waals surface area contributed by atoms with Crippen molar-refractivity contribution in [2.75, 3.05) is 0 Å². The molecule has 5 heteroatoms. The van der Waals surface area contributed by atoms with Crippen molar-refractivity contribution in [3.8, 4) is 0 Å². The fourth-order valence-electron chi connectivity index (χ4n) is 2.72. The summed E-state index contributed by atoms with van der Waals surface area (Å²) in [5.74, 6) is 0.239. The molecule has 2 amide bonds. The minimum Gasteiger partial charge on any atom is -0.426 e. The van der Waals surface area contributed by atoms with Crippen molar-refractivity contribution >= 4 is 11.8 Å². The van der Waals surface area contributed by atoms with Crippen molar-refractivity contribution in [1.82, 2.24) is 5.32 Å². The van der Waals surface area contributed by atoms with E-state index in [0.717, 1.165) is 18.8 Å². The van der Waals surface area contributed by atoms with Crippen LogP contribution in [-0.4, -0.2) is 11.8 Å². The van der Waals surface area contributed by atoms with Crippen molar-refractivity contribution < 1.29 is 14.0 Å². The zero-order valence-corrected chi connectivity index (χ0v) is 11.2. The van der Waals surface area contributed by atoms with Gasteiger partial charge in [0, 0.05) is 6.07 Å². The summed E-state index contributed by atoms with van der Waals surface area (Å²) in [6, 6.07) is 1.38. The maximum Gasteiger partial charge on any atom is 0.336 e. The fourth-order valence-corrected chi connectivity index (χ4v) is 2.72. The van der Waals surface area contributed by atoms with Gasteiger partial charge in [0.15, 0.2) is 0 Å². The maximum atomic E-state index is 11.9. The molecule has 1 N–H and O–H groups in total. The van der Waals surface area contributed by atoms with Crippen LogP contribution >= 0.6 is 0 Å². The van der Waals surface area contributed by atoms with Gasteiger partial charge in [-0.15, -0.1) is 0 Å². The number of hydrogen-bond acceptors (Lipinski definition) is 4. The highest BCUT2D eigenvalue weighted by molar-refractivity contribution is 6.09. The molecule has 0 saturated heterocycles. The number of unbranched alkanes of at least 4 members (excludes halogenated alkanes) is 1. The largest absolute Gasteiger partial charge is 0.426 e. The Morgan fingerprint density at radius 3 is 2.75 bits per heavy atom. The lowest BCUT2D eigenvalue weighted by Gasteiger charge is -2.16. The van der Waals surface area contributed by atoms with E-state index >= 15 is 0 Å². The number of hydrogen-bond donors (Lipinski definition) is 1. The third-order valence-corrected chi connectivity index (χ3v) is 3.92. The molecule has 1 saturated carbocycles. The van der Waals surface area contributed by atoms with Gasteiger partial charge in [-0.25, -0.2) is 4.79 Å². The molecule has 2 heterocycles. The monoisotopic (exact) mass is 275 g/mol. The van der Waals surface area contributed by atoms with Crippen LogP contribution in [0.5, 0.6) is 0 Å². The van der Waals surface area contributed by atoms with Gasteiger partial charge in [-0.05, 0) is 24.3 Å². The molecule has 1 aromatic rings. The lowest BCUT2D eigenvalue weighted by Crippen LogP contribution is -2.38. The molecular weight excluding hydrogens is 258 g/mol. The van der Waals surface area contributed by atoms with Gasteiger partial charge >= 0.3 is 5.63 Å². The van der Waals surface area contributed by atoms with E-state index in [1.54, 1.807) is 0 Å². The topological polar surface area (TPSA) is 76.4 Å². The number of carbonyl (C=O) groups excluding carboxylic acids is 2. The third kappa shape index (κ3) is 2.81. The highest BCUT2D eigenvalue weighted by Crippen LogP contribution is 2.34. The van der Waals surface area contributed by atoms with E-state index in [4.69, 9.17) is 4.42 Å². The van der Waals surface area contributed by atoms with E-state index in [0.29, 0.717) is 17.5 Å².